The van der Waals surface area contributed by atoms with Crippen LogP contribution >= 0.6 is 0 Å². The third-order valence-electron chi connectivity index (χ3n) is 3.34. The van der Waals surface area contributed by atoms with E-state index in [0.29, 0.717) is 17.0 Å². The molecule has 1 heterocycles. The monoisotopic (exact) mass is 319 g/mol. The van der Waals surface area contributed by atoms with E-state index in [-0.39, 0.29) is 11.7 Å². The molecule has 0 amide bonds. The zero-order valence-corrected chi connectivity index (χ0v) is 13.0. The van der Waals surface area contributed by atoms with Crippen LogP contribution in [0.1, 0.15) is 11.1 Å². The second-order valence-corrected chi connectivity index (χ2v) is 5.21. The highest BCUT2D eigenvalue weighted by atomic mass is 19.1. The summed E-state index contributed by atoms with van der Waals surface area (Å²) in [5, 5.41) is 11.7. The van der Waals surface area contributed by atoms with Crippen molar-refractivity contribution >= 4 is 11.5 Å². The van der Waals surface area contributed by atoms with Crippen molar-refractivity contribution in [1.82, 2.24) is 4.98 Å². The molecule has 0 atom stereocenters. The van der Waals surface area contributed by atoms with Crippen LogP contribution in [0.25, 0.3) is 0 Å². The maximum atomic E-state index is 14.0. The molecule has 0 unspecified atom stereocenters. The van der Waals surface area contributed by atoms with Crippen LogP contribution in [0, 0.1) is 24.1 Å². The van der Waals surface area contributed by atoms with Gasteiger partial charge in [-0.25, -0.2) is 4.39 Å². The van der Waals surface area contributed by atoms with Crippen molar-refractivity contribution in [3.8, 4) is 17.7 Å². The lowest BCUT2D eigenvalue weighted by Crippen LogP contribution is -1.99. The van der Waals surface area contributed by atoms with Crippen molar-refractivity contribution in [1.29, 1.82) is 5.26 Å². The predicted molar refractivity (Wildman–Crippen MR) is 89.9 cm³/mol. The van der Waals surface area contributed by atoms with Crippen molar-refractivity contribution in [2.45, 2.75) is 6.92 Å². The van der Waals surface area contributed by atoms with Gasteiger partial charge in [-0.3, -0.25) is 0 Å². The summed E-state index contributed by atoms with van der Waals surface area (Å²) < 4.78 is 19.6. The van der Waals surface area contributed by atoms with Crippen LogP contribution in [0.3, 0.4) is 0 Å². The normalized spacial score (nSPS) is 10.0. The summed E-state index contributed by atoms with van der Waals surface area (Å²) in [6.45, 7) is 1.99. The number of aryl methyl sites for hydroxylation is 1. The molecule has 0 aliphatic rings. The molecule has 1 N–H and O–H groups in total. The highest BCUT2D eigenvalue weighted by Gasteiger charge is 2.08. The Bertz CT molecular complexity index is 884. The second kappa shape index (κ2) is 6.80. The summed E-state index contributed by atoms with van der Waals surface area (Å²) in [7, 11) is 0. The second-order valence-electron chi connectivity index (χ2n) is 5.21. The summed E-state index contributed by atoms with van der Waals surface area (Å²) in [5.74, 6) is 0.486. The number of nitrogens with zero attached hydrogens (tertiary/aromatic N) is 2. The molecule has 0 saturated heterocycles. The molecule has 24 heavy (non-hydrogen) atoms. The molecule has 0 spiro atoms. The lowest BCUT2D eigenvalue weighted by molar-refractivity contribution is 0.460. The lowest BCUT2D eigenvalue weighted by Gasteiger charge is -2.10. The summed E-state index contributed by atoms with van der Waals surface area (Å²) in [5.41, 5.74) is 2.29. The smallest absolute Gasteiger partial charge is 0.221 e. The van der Waals surface area contributed by atoms with Gasteiger partial charge in [0.1, 0.15) is 5.75 Å². The molecule has 4 nitrogen and oxygen atoms in total. The maximum Gasteiger partial charge on any atom is 0.221 e. The quantitative estimate of drug-likeness (QED) is 0.740. The Morgan fingerprint density at radius 2 is 1.71 bits per heavy atom. The van der Waals surface area contributed by atoms with E-state index in [9.17, 15) is 4.39 Å². The van der Waals surface area contributed by atoms with Gasteiger partial charge in [0, 0.05) is 11.8 Å². The number of anilines is 2. The molecule has 2 aromatic carbocycles. The van der Waals surface area contributed by atoms with E-state index in [1.807, 2.05) is 37.3 Å². The van der Waals surface area contributed by atoms with Crippen LogP contribution in [0.15, 0.2) is 60.7 Å². The van der Waals surface area contributed by atoms with Crippen LogP contribution in [0.2, 0.25) is 0 Å². The van der Waals surface area contributed by atoms with Crippen molar-refractivity contribution in [2.24, 2.45) is 0 Å². The number of benzene rings is 2. The average Bonchev–Trinajstić information content (AvgIpc) is 2.60. The third-order valence-corrected chi connectivity index (χ3v) is 3.34. The number of halogens is 1. The third kappa shape index (κ3) is 3.68. The number of rotatable bonds is 4. The molecular formula is C19H14FN3O. The molecule has 0 saturated carbocycles. The van der Waals surface area contributed by atoms with Gasteiger partial charge in [-0.1, -0.05) is 17.7 Å². The van der Waals surface area contributed by atoms with E-state index in [2.05, 4.69) is 10.3 Å². The van der Waals surface area contributed by atoms with Crippen LogP contribution in [-0.2, 0) is 0 Å². The molecule has 0 aliphatic carbocycles. The van der Waals surface area contributed by atoms with Gasteiger partial charge < -0.3 is 10.1 Å². The molecule has 0 aliphatic heterocycles. The molecule has 3 rings (SSSR count). The van der Waals surface area contributed by atoms with Crippen LogP contribution in [0.5, 0.6) is 11.6 Å². The highest BCUT2D eigenvalue weighted by Crippen LogP contribution is 2.25. The Kier molecular flexibility index (Phi) is 4.39. The highest BCUT2D eigenvalue weighted by molar-refractivity contribution is 5.58. The first-order valence-corrected chi connectivity index (χ1v) is 7.32. The zero-order valence-electron chi connectivity index (χ0n) is 13.0. The average molecular weight is 319 g/mol. The largest absolute Gasteiger partial charge is 0.439 e. The molecule has 0 radical (unpaired) electrons. The van der Waals surface area contributed by atoms with Gasteiger partial charge in [-0.2, -0.15) is 10.2 Å². The van der Waals surface area contributed by atoms with E-state index in [0.717, 1.165) is 5.56 Å². The first-order chi connectivity index (χ1) is 11.6. The SMILES string of the molecule is Cc1ccc(Oc2ccc(F)c(Nc3ccc(C#N)cc3)n2)cc1. The Morgan fingerprint density at radius 1 is 1.00 bits per heavy atom. The summed E-state index contributed by atoms with van der Waals surface area (Å²) in [6, 6.07) is 19.0. The van der Waals surface area contributed by atoms with Crippen molar-refractivity contribution in [2.75, 3.05) is 5.32 Å². The van der Waals surface area contributed by atoms with Gasteiger partial charge in [-0.15, -0.1) is 0 Å². The van der Waals surface area contributed by atoms with Crippen LogP contribution in [0.4, 0.5) is 15.9 Å². The fourth-order valence-corrected chi connectivity index (χ4v) is 2.06. The van der Waals surface area contributed by atoms with Gasteiger partial charge in [0.05, 0.1) is 11.6 Å². The van der Waals surface area contributed by atoms with E-state index in [1.165, 1.54) is 12.1 Å². The Hall–Kier alpha value is -3.39. The van der Waals surface area contributed by atoms with Gasteiger partial charge >= 0.3 is 0 Å². The fraction of sp³-hybridized carbons (Fsp3) is 0.0526. The van der Waals surface area contributed by atoms with E-state index < -0.39 is 5.82 Å². The number of nitrogens with one attached hydrogen (secondary N) is 1. The molecule has 1 aromatic heterocycles. The molecule has 118 valence electrons. The maximum absolute atomic E-state index is 14.0. The standard InChI is InChI=1S/C19H14FN3O/c1-13-2-8-16(9-3-13)24-18-11-10-17(20)19(23-18)22-15-6-4-14(12-21)5-7-15/h2-11H,1H3,(H,22,23). The van der Waals surface area contributed by atoms with Crippen LogP contribution in [-0.4, -0.2) is 4.98 Å². The van der Waals surface area contributed by atoms with Gasteiger partial charge in [0.25, 0.3) is 0 Å². The van der Waals surface area contributed by atoms with Gasteiger partial charge in [0.2, 0.25) is 5.88 Å². The molecule has 0 bridgehead atoms. The Morgan fingerprint density at radius 3 is 2.38 bits per heavy atom. The minimum Gasteiger partial charge on any atom is -0.439 e. The summed E-state index contributed by atoms with van der Waals surface area (Å²) >= 11 is 0. The number of ether oxygens (including phenoxy) is 1. The molecule has 5 heteroatoms. The molecule has 0 fully saturated rings. The Balaban J connectivity index is 1.80. The first kappa shape index (κ1) is 15.5. The number of pyridine rings is 1. The minimum atomic E-state index is -0.490. The Labute approximate surface area is 139 Å². The first-order valence-electron chi connectivity index (χ1n) is 7.32. The van der Waals surface area contributed by atoms with Gasteiger partial charge in [0.15, 0.2) is 11.6 Å². The van der Waals surface area contributed by atoms with E-state index in [4.69, 9.17) is 10.00 Å². The summed E-state index contributed by atoms with van der Waals surface area (Å²) in [4.78, 5) is 4.15. The minimum absolute atomic E-state index is 0.0596. The van der Waals surface area contributed by atoms with E-state index >= 15 is 0 Å². The molecule has 3 aromatic rings. The van der Waals surface area contributed by atoms with Crippen molar-refractivity contribution < 1.29 is 9.13 Å². The topological polar surface area (TPSA) is 57.9 Å². The van der Waals surface area contributed by atoms with E-state index in [1.54, 1.807) is 24.3 Å². The summed E-state index contributed by atoms with van der Waals surface area (Å²) in [6.07, 6.45) is 0. The number of aromatic nitrogens is 1. The molecular weight excluding hydrogens is 305 g/mol. The number of nitriles is 1. The lowest BCUT2D eigenvalue weighted by atomic mass is 10.2. The predicted octanol–water partition coefficient (Wildman–Crippen LogP) is 4.94. The van der Waals surface area contributed by atoms with Crippen molar-refractivity contribution in [3.63, 3.8) is 0 Å². The van der Waals surface area contributed by atoms with Gasteiger partial charge in [-0.05, 0) is 49.4 Å². The van der Waals surface area contributed by atoms with Crippen LogP contribution < -0.4 is 10.1 Å². The number of hydrogen-bond acceptors (Lipinski definition) is 4. The van der Waals surface area contributed by atoms with Crippen molar-refractivity contribution in [3.05, 3.63) is 77.6 Å². The number of hydrogen-bond donors (Lipinski definition) is 1. The zero-order chi connectivity index (χ0) is 16.9. The fourth-order valence-electron chi connectivity index (χ4n) is 2.06.